The van der Waals surface area contributed by atoms with Crippen molar-refractivity contribution in [2.75, 3.05) is 34.5 Å². The van der Waals surface area contributed by atoms with Crippen molar-refractivity contribution in [3.8, 4) is 17.2 Å². The van der Waals surface area contributed by atoms with Crippen LogP contribution < -0.4 is 14.2 Å². The summed E-state index contributed by atoms with van der Waals surface area (Å²) in [5.41, 5.74) is 1.96. The molecule has 0 amide bonds. The summed E-state index contributed by atoms with van der Waals surface area (Å²) in [6, 6.07) is 10.7. The third-order valence-corrected chi connectivity index (χ3v) is 5.83. The lowest BCUT2D eigenvalue weighted by Gasteiger charge is -2.31. The van der Waals surface area contributed by atoms with E-state index in [1.165, 1.54) is 21.3 Å². The van der Waals surface area contributed by atoms with Crippen molar-refractivity contribution < 1.29 is 33.3 Å². The van der Waals surface area contributed by atoms with Crippen LogP contribution in [0, 0.1) is 0 Å². The molecule has 2 aromatic rings. The number of hydrogen-bond donors (Lipinski definition) is 0. The second-order valence-corrected chi connectivity index (χ2v) is 8.23. The smallest absolute Gasteiger partial charge is 0.336 e. The SMILES string of the molecule is CCOC(=O)C1=CN(Cc2ccc(Cl)cc2)C=C(C(=O)OCC)C1c1cc(OC)c(OC)cc1OC. The topological polar surface area (TPSA) is 83.5 Å². The Balaban J connectivity index is 2.20. The lowest BCUT2D eigenvalue weighted by molar-refractivity contribution is -0.139. The minimum Gasteiger partial charge on any atom is -0.496 e. The molecule has 3 rings (SSSR count). The van der Waals surface area contributed by atoms with Crippen LogP contribution in [0.4, 0.5) is 0 Å². The summed E-state index contributed by atoms with van der Waals surface area (Å²) in [6.45, 7) is 4.17. The van der Waals surface area contributed by atoms with E-state index in [1.54, 1.807) is 55.4 Å². The maximum Gasteiger partial charge on any atom is 0.336 e. The highest BCUT2D eigenvalue weighted by Gasteiger charge is 2.38. The molecular formula is C27H30ClNO7. The number of rotatable bonds is 10. The van der Waals surface area contributed by atoms with Crippen LogP contribution in [0.25, 0.3) is 0 Å². The van der Waals surface area contributed by atoms with E-state index in [4.69, 9.17) is 35.3 Å². The molecule has 36 heavy (non-hydrogen) atoms. The van der Waals surface area contributed by atoms with Crippen molar-refractivity contribution in [1.29, 1.82) is 0 Å². The van der Waals surface area contributed by atoms with E-state index in [2.05, 4.69) is 0 Å². The molecule has 0 saturated heterocycles. The summed E-state index contributed by atoms with van der Waals surface area (Å²) >= 11 is 6.02. The summed E-state index contributed by atoms with van der Waals surface area (Å²) in [5.74, 6) is -0.677. The standard InChI is InChI=1S/C27H30ClNO7/c1-6-35-26(30)20-15-29(14-17-8-10-18(28)11-9-17)16-21(27(31)36-7-2)25(20)19-12-23(33-4)24(34-5)13-22(19)32-3/h8-13,15-16,25H,6-7,14H2,1-5H3. The van der Waals surface area contributed by atoms with Crippen LogP contribution in [0.1, 0.15) is 30.9 Å². The normalized spacial score (nSPS) is 13.4. The number of ether oxygens (including phenoxy) is 5. The number of esters is 2. The molecule has 0 N–H and O–H groups in total. The van der Waals surface area contributed by atoms with E-state index in [0.29, 0.717) is 34.4 Å². The van der Waals surface area contributed by atoms with Gasteiger partial charge in [-0.25, -0.2) is 9.59 Å². The van der Waals surface area contributed by atoms with Gasteiger partial charge >= 0.3 is 11.9 Å². The Hall–Kier alpha value is -3.65. The molecule has 0 unspecified atom stereocenters. The molecule has 2 aromatic carbocycles. The van der Waals surface area contributed by atoms with Crippen LogP contribution in [-0.4, -0.2) is 51.4 Å². The van der Waals surface area contributed by atoms with E-state index in [1.807, 2.05) is 12.1 Å². The number of halogens is 1. The first-order valence-corrected chi connectivity index (χ1v) is 11.8. The first-order valence-electron chi connectivity index (χ1n) is 11.4. The second-order valence-electron chi connectivity index (χ2n) is 7.79. The van der Waals surface area contributed by atoms with E-state index < -0.39 is 17.9 Å². The zero-order valence-corrected chi connectivity index (χ0v) is 21.8. The Labute approximate surface area is 216 Å². The van der Waals surface area contributed by atoms with Crippen molar-refractivity contribution >= 4 is 23.5 Å². The summed E-state index contributed by atoms with van der Waals surface area (Å²) in [5, 5.41) is 0.614. The molecule has 8 nitrogen and oxygen atoms in total. The Morgan fingerprint density at radius 3 is 1.78 bits per heavy atom. The highest BCUT2D eigenvalue weighted by atomic mass is 35.5. The molecule has 0 aromatic heterocycles. The molecular weight excluding hydrogens is 486 g/mol. The van der Waals surface area contributed by atoms with Gasteiger partial charge in [-0.3, -0.25) is 0 Å². The number of carbonyl (C=O) groups excluding carboxylic acids is 2. The van der Waals surface area contributed by atoms with Crippen LogP contribution in [-0.2, 0) is 25.6 Å². The van der Waals surface area contributed by atoms with Gasteiger partial charge in [0.15, 0.2) is 11.5 Å². The molecule has 0 fully saturated rings. The zero-order valence-electron chi connectivity index (χ0n) is 21.0. The molecule has 0 saturated carbocycles. The van der Waals surface area contributed by atoms with Crippen molar-refractivity contribution in [2.24, 2.45) is 0 Å². The van der Waals surface area contributed by atoms with Crippen LogP contribution in [0.3, 0.4) is 0 Å². The molecule has 9 heteroatoms. The second kappa shape index (κ2) is 12.4. The monoisotopic (exact) mass is 515 g/mol. The van der Waals surface area contributed by atoms with Gasteiger partial charge in [0, 0.05) is 35.6 Å². The molecule has 1 aliphatic rings. The number of nitrogens with zero attached hydrogens (tertiary/aromatic N) is 1. The Morgan fingerprint density at radius 1 is 0.806 bits per heavy atom. The van der Waals surface area contributed by atoms with Gasteiger partial charge in [-0.1, -0.05) is 23.7 Å². The molecule has 192 valence electrons. The first kappa shape index (κ1) is 26.9. The van der Waals surface area contributed by atoms with Gasteiger partial charge in [-0.15, -0.1) is 0 Å². The third-order valence-electron chi connectivity index (χ3n) is 5.58. The average molecular weight is 516 g/mol. The Morgan fingerprint density at radius 2 is 1.31 bits per heavy atom. The molecule has 1 heterocycles. The fourth-order valence-electron chi connectivity index (χ4n) is 3.99. The first-order chi connectivity index (χ1) is 17.4. The van der Waals surface area contributed by atoms with Gasteiger partial charge < -0.3 is 28.6 Å². The van der Waals surface area contributed by atoms with Gasteiger partial charge in [0.05, 0.1) is 51.6 Å². The number of benzene rings is 2. The minimum absolute atomic E-state index is 0.168. The molecule has 0 bridgehead atoms. The summed E-state index contributed by atoms with van der Waals surface area (Å²) in [4.78, 5) is 28.2. The van der Waals surface area contributed by atoms with E-state index in [0.717, 1.165) is 5.56 Å². The van der Waals surface area contributed by atoms with Crippen LogP contribution >= 0.6 is 11.6 Å². The van der Waals surface area contributed by atoms with Crippen molar-refractivity contribution in [1.82, 2.24) is 4.90 Å². The maximum absolute atomic E-state index is 13.2. The van der Waals surface area contributed by atoms with Gasteiger partial charge in [-0.05, 0) is 37.6 Å². The lowest BCUT2D eigenvalue weighted by Crippen LogP contribution is -2.29. The Bertz CT molecular complexity index is 1120. The van der Waals surface area contributed by atoms with Gasteiger partial charge in [-0.2, -0.15) is 0 Å². The fourth-order valence-corrected chi connectivity index (χ4v) is 4.11. The predicted octanol–water partition coefficient (Wildman–Crippen LogP) is 4.86. The molecule has 0 aliphatic carbocycles. The molecule has 0 atom stereocenters. The number of methoxy groups -OCH3 is 3. The summed E-state index contributed by atoms with van der Waals surface area (Å²) in [6.07, 6.45) is 3.35. The highest BCUT2D eigenvalue weighted by Crippen LogP contribution is 2.45. The van der Waals surface area contributed by atoms with Crippen molar-refractivity contribution in [3.05, 3.63) is 76.1 Å². The van der Waals surface area contributed by atoms with Gasteiger partial charge in [0.1, 0.15) is 5.75 Å². The summed E-state index contributed by atoms with van der Waals surface area (Å²) < 4.78 is 27.3. The van der Waals surface area contributed by atoms with Gasteiger partial charge in [0.2, 0.25) is 0 Å². The van der Waals surface area contributed by atoms with E-state index in [9.17, 15) is 9.59 Å². The number of hydrogen-bond acceptors (Lipinski definition) is 8. The van der Waals surface area contributed by atoms with Crippen molar-refractivity contribution in [3.63, 3.8) is 0 Å². The van der Waals surface area contributed by atoms with Crippen LogP contribution in [0.15, 0.2) is 59.9 Å². The van der Waals surface area contributed by atoms with E-state index >= 15 is 0 Å². The lowest BCUT2D eigenvalue weighted by atomic mass is 9.82. The summed E-state index contributed by atoms with van der Waals surface area (Å²) in [7, 11) is 4.52. The van der Waals surface area contributed by atoms with Crippen LogP contribution in [0.2, 0.25) is 5.02 Å². The maximum atomic E-state index is 13.2. The zero-order chi connectivity index (χ0) is 26.2. The molecule has 0 radical (unpaired) electrons. The largest absolute Gasteiger partial charge is 0.496 e. The quantitative estimate of drug-likeness (QED) is 0.415. The Kier molecular flexibility index (Phi) is 9.25. The van der Waals surface area contributed by atoms with E-state index in [-0.39, 0.29) is 24.4 Å². The van der Waals surface area contributed by atoms with Crippen LogP contribution in [0.5, 0.6) is 17.2 Å². The number of carbonyl (C=O) groups is 2. The molecule has 0 spiro atoms. The van der Waals surface area contributed by atoms with Gasteiger partial charge in [0.25, 0.3) is 0 Å². The third kappa shape index (κ3) is 5.94. The average Bonchev–Trinajstić information content (AvgIpc) is 2.89. The predicted molar refractivity (Wildman–Crippen MR) is 135 cm³/mol. The fraction of sp³-hybridized carbons (Fsp3) is 0.333. The van der Waals surface area contributed by atoms with Crippen molar-refractivity contribution in [2.45, 2.75) is 26.3 Å². The minimum atomic E-state index is -0.834. The highest BCUT2D eigenvalue weighted by molar-refractivity contribution is 6.30. The molecule has 1 aliphatic heterocycles.